The van der Waals surface area contributed by atoms with Gasteiger partial charge in [0.05, 0.1) is 17.9 Å². The minimum atomic E-state index is -0.0972. The van der Waals surface area contributed by atoms with Gasteiger partial charge in [0.2, 0.25) is 0 Å². The zero-order chi connectivity index (χ0) is 17.4. The molecule has 2 N–H and O–H groups in total. The summed E-state index contributed by atoms with van der Waals surface area (Å²) in [7, 11) is 5.91. The molecule has 0 unspecified atom stereocenters. The second kappa shape index (κ2) is 9.51. The van der Waals surface area contributed by atoms with Crippen molar-refractivity contribution in [3.63, 3.8) is 0 Å². The summed E-state index contributed by atoms with van der Waals surface area (Å²) in [6.07, 6.45) is 6.37. The Kier molecular flexibility index (Phi) is 7.68. The van der Waals surface area contributed by atoms with Gasteiger partial charge in [0.1, 0.15) is 0 Å². The Balaban J connectivity index is 1.95. The van der Waals surface area contributed by atoms with Gasteiger partial charge in [-0.05, 0) is 46.7 Å². The highest BCUT2D eigenvalue weighted by Crippen LogP contribution is 2.40. The fourth-order valence-corrected chi connectivity index (χ4v) is 3.80. The van der Waals surface area contributed by atoms with Crippen LogP contribution in [0.4, 0.5) is 0 Å². The van der Waals surface area contributed by atoms with Gasteiger partial charge in [0, 0.05) is 51.0 Å². The topological polar surface area (TPSA) is 62.4 Å². The Hall–Kier alpha value is -0.950. The monoisotopic (exact) mass is 338 g/mol. The molecule has 0 aliphatic heterocycles. The van der Waals surface area contributed by atoms with E-state index in [1.165, 1.54) is 11.3 Å². The maximum atomic E-state index is 6.05. The minimum Gasteiger partial charge on any atom is -0.382 e. The zero-order valence-electron chi connectivity index (χ0n) is 15.7. The molecule has 6 heteroatoms. The second-order valence-corrected chi connectivity index (χ2v) is 6.96. The van der Waals surface area contributed by atoms with Crippen molar-refractivity contribution >= 4 is 0 Å². The lowest BCUT2D eigenvalue weighted by atomic mass is 9.77. The Labute approximate surface area is 146 Å². The number of rotatable bonds is 10. The van der Waals surface area contributed by atoms with E-state index >= 15 is 0 Å². The lowest BCUT2D eigenvalue weighted by Gasteiger charge is -2.39. The summed E-state index contributed by atoms with van der Waals surface area (Å²) in [5, 5.41) is 10.9. The number of aromatic amines is 1. The van der Waals surface area contributed by atoms with E-state index in [2.05, 4.69) is 40.6 Å². The predicted octanol–water partition coefficient (Wildman–Crippen LogP) is 2.14. The molecule has 2 rings (SSSR count). The SMILES string of the molecule is CCOC1(COC)CCC(c2n[nH]cc2CN(C)CCNC)CC1. The van der Waals surface area contributed by atoms with Crippen LogP contribution in [0.1, 0.15) is 49.8 Å². The molecule has 0 atom stereocenters. The van der Waals surface area contributed by atoms with E-state index in [-0.39, 0.29) is 5.60 Å². The van der Waals surface area contributed by atoms with Crippen molar-refractivity contribution in [3.05, 3.63) is 17.5 Å². The minimum absolute atomic E-state index is 0.0972. The standard InChI is InChI=1S/C18H34N4O2/c1-5-24-18(14-23-4)8-6-15(7-9-18)17-16(12-20-21-17)13-22(3)11-10-19-2/h12,15,19H,5-11,13-14H2,1-4H3,(H,20,21). The summed E-state index contributed by atoms with van der Waals surface area (Å²) in [5.74, 6) is 0.523. The molecule has 1 heterocycles. The largest absolute Gasteiger partial charge is 0.382 e. The number of ether oxygens (including phenoxy) is 2. The summed E-state index contributed by atoms with van der Waals surface area (Å²) in [6, 6.07) is 0. The molecule has 0 spiro atoms. The highest BCUT2D eigenvalue weighted by atomic mass is 16.5. The van der Waals surface area contributed by atoms with Crippen LogP contribution < -0.4 is 5.32 Å². The van der Waals surface area contributed by atoms with Gasteiger partial charge in [-0.2, -0.15) is 5.10 Å². The third-order valence-corrected chi connectivity index (χ3v) is 5.08. The van der Waals surface area contributed by atoms with Crippen LogP contribution >= 0.6 is 0 Å². The van der Waals surface area contributed by atoms with Crippen LogP contribution in [0.25, 0.3) is 0 Å². The highest BCUT2D eigenvalue weighted by Gasteiger charge is 2.37. The Bertz CT molecular complexity index is 461. The number of aromatic nitrogens is 2. The van der Waals surface area contributed by atoms with Crippen LogP contribution in [0.5, 0.6) is 0 Å². The summed E-state index contributed by atoms with van der Waals surface area (Å²) >= 11 is 0. The molecule has 0 aromatic carbocycles. The summed E-state index contributed by atoms with van der Waals surface area (Å²) in [4.78, 5) is 2.34. The van der Waals surface area contributed by atoms with Crippen molar-refractivity contribution in [1.29, 1.82) is 0 Å². The first kappa shape index (κ1) is 19.4. The highest BCUT2D eigenvalue weighted by molar-refractivity contribution is 5.21. The number of nitrogens with zero attached hydrogens (tertiary/aromatic N) is 2. The third-order valence-electron chi connectivity index (χ3n) is 5.08. The van der Waals surface area contributed by atoms with Crippen molar-refractivity contribution in [2.45, 2.75) is 50.7 Å². The third kappa shape index (κ3) is 5.02. The second-order valence-electron chi connectivity index (χ2n) is 6.96. The summed E-state index contributed by atoms with van der Waals surface area (Å²) in [5.41, 5.74) is 2.48. The van der Waals surface area contributed by atoms with Gasteiger partial charge in [0.15, 0.2) is 0 Å². The first-order valence-corrected chi connectivity index (χ1v) is 9.12. The number of nitrogens with one attached hydrogen (secondary N) is 2. The number of methoxy groups -OCH3 is 1. The lowest BCUT2D eigenvalue weighted by Crippen LogP contribution is -2.41. The zero-order valence-corrected chi connectivity index (χ0v) is 15.7. The van der Waals surface area contributed by atoms with E-state index in [0.29, 0.717) is 12.5 Å². The fraction of sp³-hybridized carbons (Fsp3) is 0.833. The van der Waals surface area contributed by atoms with E-state index < -0.39 is 0 Å². The predicted molar refractivity (Wildman–Crippen MR) is 96.3 cm³/mol. The number of likely N-dealkylation sites (N-methyl/N-ethyl adjacent to an activating group) is 2. The molecule has 0 bridgehead atoms. The molecule has 1 saturated carbocycles. The quantitative estimate of drug-likeness (QED) is 0.684. The van der Waals surface area contributed by atoms with Gasteiger partial charge < -0.3 is 19.7 Å². The fourth-order valence-electron chi connectivity index (χ4n) is 3.80. The molecule has 6 nitrogen and oxygen atoms in total. The normalized spacial score (nSPS) is 24.6. The molecular weight excluding hydrogens is 304 g/mol. The van der Waals surface area contributed by atoms with Crippen LogP contribution in [-0.4, -0.2) is 68.2 Å². The molecule has 138 valence electrons. The molecule has 0 amide bonds. The average molecular weight is 338 g/mol. The van der Waals surface area contributed by atoms with Gasteiger partial charge in [-0.3, -0.25) is 5.10 Å². The Morgan fingerprint density at radius 1 is 1.42 bits per heavy atom. The van der Waals surface area contributed by atoms with Crippen molar-refractivity contribution in [1.82, 2.24) is 20.4 Å². The van der Waals surface area contributed by atoms with Gasteiger partial charge in [-0.25, -0.2) is 0 Å². The first-order valence-electron chi connectivity index (χ1n) is 9.12. The molecular formula is C18H34N4O2. The lowest BCUT2D eigenvalue weighted by molar-refractivity contribution is -0.107. The van der Waals surface area contributed by atoms with Crippen LogP contribution in [-0.2, 0) is 16.0 Å². The van der Waals surface area contributed by atoms with E-state index in [0.717, 1.165) is 51.9 Å². The molecule has 0 saturated heterocycles. The van der Waals surface area contributed by atoms with E-state index in [9.17, 15) is 0 Å². The number of hydrogen-bond donors (Lipinski definition) is 2. The molecule has 1 aromatic heterocycles. The molecule has 1 aliphatic carbocycles. The number of hydrogen-bond acceptors (Lipinski definition) is 5. The van der Waals surface area contributed by atoms with Crippen molar-refractivity contribution in [3.8, 4) is 0 Å². The summed E-state index contributed by atoms with van der Waals surface area (Å²) < 4.78 is 11.5. The van der Waals surface area contributed by atoms with Crippen LogP contribution in [0.2, 0.25) is 0 Å². The van der Waals surface area contributed by atoms with Crippen LogP contribution in [0.3, 0.4) is 0 Å². The van der Waals surface area contributed by atoms with Crippen LogP contribution in [0.15, 0.2) is 6.20 Å². The summed E-state index contributed by atoms with van der Waals surface area (Å²) in [6.45, 7) is 6.48. The van der Waals surface area contributed by atoms with Crippen molar-refractivity contribution in [2.24, 2.45) is 0 Å². The maximum absolute atomic E-state index is 6.05. The molecule has 1 fully saturated rings. The van der Waals surface area contributed by atoms with Gasteiger partial charge in [-0.15, -0.1) is 0 Å². The van der Waals surface area contributed by atoms with E-state index in [1.54, 1.807) is 7.11 Å². The molecule has 1 aliphatic rings. The molecule has 1 aromatic rings. The van der Waals surface area contributed by atoms with Crippen molar-refractivity contribution < 1.29 is 9.47 Å². The van der Waals surface area contributed by atoms with Gasteiger partial charge >= 0.3 is 0 Å². The van der Waals surface area contributed by atoms with Crippen molar-refractivity contribution in [2.75, 3.05) is 47.5 Å². The number of H-pyrrole nitrogens is 1. The molecule has 0 radical (unpaired) electrons. The van der Waals surface area contributed by atoms with E-state index in [1.807, 2.05) is 7.05 Å². The average Bonchev–Trinajstić information content (AvgIpc) is 3.02. The van der Waals surface area contributed by atoms with Crippen LogP contribution in [0, 0.1) is 0 Å². The molecule has 24 heavy (non-hydrogen) atoms. The Morgan fingerprint density at radius 3 is 2.79 bits per heavy atom. The van der Waals surface area contributed by atoms with Gasteiger partial charge in [-0.1, -0.05) is 0 Å². The first-order chi connectivity index (χ1) is 11.6. The smallest absolute Gasteiger partial charge is 0.0915 e. The Morgan fingerprint density at radius 2 is 2.17 bits per heavy atom. The maximum Gasteiger partial charge on any atom is 0.0915 e. The van der Waals surface area contributed by atoms with Gasteiger partial charge in [0.25, 0.3) is 0 Å². The van der Waals surface area contributed by atoms with E-state index in [4.69, 9.17) is 9.47 Å².